The number of carbonyl (C=O) groups excluding carboxylic acids is 1. The number of hydrogen-bond donors (Lipinski definition) is 0. The third-order valence-corrected chi connectivity index (χ3v) is 2.14. The smallest absolute Gasteiger partial charge is 0.338 e. The third kappa shape index (κ3) is 2.31. The molecule has 0 aliphatic carbocycles. The summed E-state index contributed by atoms with van der Waals surface area (Å²) in [4.78, 5) is 15.8. The molecule has 4 heteroatoms. The van der Waals surface area contributed by atoms with Crippen LogP contribution in [0.1, 0.15) is 17.3 Å². The number of ether oxygens (including phenoxy) is 1. The molecule has 0 unspecified atom stereocenters. The minimum atomic E-state index is -0.295. The SMILES string of the molecule is CCOC(=O)c1ccnc2ccccc12.Cl. The highest BCUT2D eigenvalue weighted by Gasteiger charge is 2.10. The molecule has 1 aromatic heterocycles. The molecule has 2 rings (SSSR count). The van der Waals surface area contributed by atoms with Crippen LogP contribution in [0.2, 0.25) is 0 Å². The van der Waals surface area contributed by atoms with Gasteiger partial charge in [0.1, 0.15) is 0 Å². The number of nitrogens with zero attached hydrogens (tertiary/aromatic N) is 1. The number of aromatic nitrogens is 1. The highest BCUT2D eigenvalue weighted by atomic mass is 35.5. The summed E-state index contributed by atoms with van der Waals surface area (Å²) in [5, 5.41) is 0.832. The van der Waals surface area contributed by atoms with Crippen molar-refractivity contribution in [3.05, 3.63) is 42.1 Å². The molecule has 0 saturated heterocycles. The lowest BCUT2D eigenvalue weighted by molar-refractivity contribution is 0.0528. The lowest BCUT2D eigenvalue weighted by Crippen LogP contribution is -2.05. The van der Waals surface area contributed by atoms with Gasteiger partial charge in [-0.05, 0) is 19.1 Å². The van der Waals surface area contributed by atoms with Crippen LogP contribution in [0.3, 0.4) is 0 Å². The normalized spacial score (nSPS) is 9.56. The molecule has 84 valence electrons. The van der Waals surface area contributed by atoms with Crippen LogP contribution >= 0.6 is 12.4 Å². The van der Waals surface area contributed by atoms with Crippen molar-refractivity contribution in [2.45, 2.75) is 6.92 Å². The number of benzene rings is 1. The van der Waals surface area contributed by atoms with Crippen LogP contribution in [0.5, 0.6) is 0 Å². The van der Waals surface area contributed by atoms with E-state index in [1.165, 1.54) is 0 Å². The van der Waals surface area contributed by atoms with Gasteiger partial charge in [-0.3, -0.25) is 4.98 Å². The van der Waals surface area contributed by atoms with Crippen LogP contribution in [0.4, 0.5) is 0 Å². The predicted molar refractivity (Wildman–Crippen MR) is 64.9 cm³/mol. The zero-order valence-corrected chi connectivity index (χ0v) is 9.66. The average molecular weight is 238 g/mol. The number of carbonyl (C=O) groups is 1. The average Bonchev–Trinajstić information content (AvgIpc) is 2.28. The second kappa shape index (κ2) is 5.47. The van der Waals surface area contributed by atoms with Crippen molar-refractivity contribution < 1.29 is 9.53 Å². The fourth-order valence-electron chi connectivity index (χ4n) is 1.48. The summed E-state index contributed by atoms with van der Waals surface area (Å²) in [5.41, 5.74) is 1.38. The van der Waals surface area contributed by atoms with Crippen molar-refractivity contribution in [2.24, 2.45) is 0 Å². The fraction of sp³-hybridized carbons (Fsp3) is 0.167. The van der Waals surface area contributed by atoms with E-state index in [0.29, 0.717) is 12.2 Å². The van der Waals surface area contributed by atoms with Gasteiger partial charge < -0.3 is 4.74 Å². The Bertz CT molecular complexity index is 494. The number of rotatable bonds is 2. The summed E-state index contributed by atoms with van der Waals surface area (Å²) < 4.78 is 4.97. The van der Waals surface area contributed by atoms with E-state index in [9.17, 15) is 4.79 Å². The van der Waals surface area contributed by atoms with Crippen molar-refractivity contribution in [2.75, 3.05) is 6.61 Å². The van der Waals surface area contributed by atoms with Crippen LogP contribution in [0, 0.1) is 0 Å². The van der Waals surface area contributed by atoms with E-state index in [1.54, 1.807) is 19.2 Å². The first kappa shape index (κ1) is 12.5. The Morgan fingerprint density at radius 3 is 2.81 bits per heavy atom. The van der Waals surface area contributed by atoms with E-state index >= 15 is 0 Å². The van der Waals surface area contributed by atoms with Gasteiger partial charge in [0.2, 0.25) is 0 Å². The maximum Gasteiger partial charge on any atom is 0.338 e. The molecule has 16 heavy (non-hydrogen) atoms. The molecule has 0 aliphatic heterocycles. The molecule has 3 nitrogen and oxygen atoms in total. The van der Waals surface area contributed by atoms with Crippen LogP contribution in [0.15, 0.2) is 36.5 Å². The van der Waals surface area contributed by atoms with Gasteiger partial charge in [-0.2, -0.15) is 0 Å². The van der Waals surface area contributed by atoms with Gasteiger partial charge in [-0.1, -0.05) is 18.2 Å². The lowest BCUT2D eigenvalue weighted by Gasteiger charge is -2.04. The van der Waals surface area contributed by atoms with Gasteiger partial charge >= 0.3 is 5.97 Å². The van der Waals surface area contributed by atoms with Crippen molar-refractivity contribution >= 4 is 29.3 Å². The van der Waals surface area contributed by atoms with Gasteiger partial charge in [-0.25, -0.2) is 4.79 Å². The molecule has 0 saturated carbocycles. The molecule has 1 aromatic carbocycles. The monoisotopic (exact) mass is 237 g/mol. The third-order valence-electron chi connectivity index (χ3n) is 2.14. The Kier molecular flexibility index (Phi) is 4.26. The van der Waals surface area contributed by atoms with E-state index in [0.717, 1.165) is 10.9 Å². The quantitative estimate of drug-likeness (QED) is 0.754. The molecule has 0 radical (unpaired) electrons. The maximum absolute atomic E-state index is 11.6. The Labute approximate surface area is 99.9 Å². The minimum Gasteiger partial charge on any atom is -0.462 e. The number of hydrogen-bond acceptors (Lipinski definition) is 3. The Hall–Kier alpha value is -1.61. The van der Waals surface area contributed by atoms with Gasteiger partial charge in [0.05, 0.1) is 17.7 Å². The molecule has 0 aliphatic rings. The second-order valence-corrected chi connectivity index (χ2v) is 3.10. The second-order valence-electron chi connectivity index (χ2n) is 3.10. The highest BCUT2D eigenvalue weighted by molar-refractivity contribution is 6.03. The van der Waals surface area contributed by atoms with E-state index in [-0.39, 0.29) is 18.4 Å². The molecule has 0 fully saturated rings. The summed E-state index contributed by atoms with van der Waals surface area (Å²) in [6.07, 6.45) is 1.62. The van der Waals surface area contributed by atoms with E-state index in [4.69, 9.17) is 4.74 Å². The predicted octanol–water partition coefficient (Wildman–Crippen LogP) is 2.83. The summed E-state index contributed by atoms with van der Waals surface area (Å²) in [5.74, 6) is -0.295. The first-order valence-electron chi connectivity index (χ1n) is 4.84. The maximum atomic E-state index is 11.6. The molecular formula is C12H12ClNO2. The lowest BCUT2D eigenvalue weighted by atomic mass is 10.1. The van der Waals surface area contributed by atoms with E-state index in [1.807, 2.05) is 24.3 Å². The highest BCUT2D eigenvalue weighted by Crippen LogP contribution is 2.16. The zero-order chi connectivity index (χ0) is 10.7. The summed E-state index contributed by atoms with van der Waals surface area (Å²) in [6, 6.07) is 9.20. The zero-order valence-electron chi connectivity index (χ0n) is 8.84. The number of esters is 1. The molecule has 1 heterocycles. The first-order valence-corrected chi connectivity index (χ1v) is 4.84. The van der Waals surface area contributed by atoms with Crippen LogP contribution < -0.4 is 0 Å². The molecule has 0 spiro atoms. The van der Waals surface area contributed by atoms with Gasteiger partial charge in [0.15, 0.2) is 0 Å². The van der Waals surface area contributed by atoms with Crippen LogP contribution in [0.25, 0.3) is 10.9 Å². The summed E-state index contributed by atoms with van der Waals surface area (Å²) in [6.45, 7) is 2.18. The Balaban J connectivity index is 0.00000128. The standard InChI is InChI=1S/C12H11NO2.ClH/c1-2-15-12(14)10-7-8-13-11-6-4-3-5-9(10)11;/h3-8H,2H2,1H3;1H. The molecular weight excluding hydrogens is 226 g/mol. The fourth-order valence-corrected chi connectivity index (χ4v) is 1.48. The summed E-state index contributed by atoms with van der Waals surface area (Å²) >= 11 is 0. The van der Waals surface area contributed by atoms with Crippen LogP contribution in [-0.4, -0.2) is 17.6 Å². The largest absolute Gasteiger partial charge is 0.462 e. The minimum absolute atomic E-state index is 0. The molecule has 2 aromatic rings. The number of halogens is 1. The number of fused-ring (bicyclic) bond motifs is 1. The van der Waals surface area contributed by atoms with Crippen LogP contribution in [-0.2, 0) is 4.74 Å². The first-order chi connectivity index (χ1) is 7.33. The molecule has 0 bridgehead atoms. The topological polar surface area (TPSA) is 39.2 Å². The van der Waals surface area contributed by atoms with E-state index < -0.39 is 0 Å². The van der Waals surface area contributed by atoms with Gasteiger partial charge in [0.25, 0.3) is 0 Å². The Morgan fingerprint density at radius 2 is 2.06 bits per heavy atom. The van der Waals surface area contributed by atoms with Gasteiger partial charge in [-0.15, -0.1) is 12.4 Å². The van der Waals surface area contributed by atoms with Crippen molar-refractivity contribution in [1.82, 2.24) is 4.98 Å². The van der Waals surface area contributed by atoms with Gasteiger partial charge in [0, 0.05) is 11.6 Å². The van der Waals surface area contributed by atoms with Crippen molar-refractivity contribution in [3.63, 3.8) is 0 Å². The summed E-state index contributed by atoms with van der Waals surface area (Å²) in [7, 11) is 0. The number of para-hydroxylation sites is 1. The molecule has 0 N–H and O–H groups in total. The molecule has 0 amide bonds. The number of pyridine rings is 1. The van der Waals surface area contributed by atoms with Crippen molar-refractivity contribution in [1.29, 1.82) is 0 Å². The molecule has 0 atom stereocenters. The van der Waals surface area contributed by atoms with E-state index in [2.05, 4.69) is 4.98 Å². The van der Waals surface area contributed by atoms with Crippen molar-refractivity contribution in [3.8, 4) is 0 Å². The Morgan fingerprint density at radius 1 is 1.31 bits per heavy atom.